The molecule has 0 radical (unpaired) electrons. The number of carbonyl (C=O) groups excluding carboxylic acids is 1. The fraction of sp³-hybridized carbons (Fsp3) is 0.273. The van der Waals surface area contributed by atoms with Gasteiger partial charge in [-0.15, -0.1) is 0 Å². The average molecular weight is 414 g/mol. The topological polar surface area (TPSA) is 41.4 Å². The number of alkyl halides is 3. The smallest absolute Gasteiger partial charge is 0.368 e. The highest BCUT2D eigenvalue weighted by Gasteiger charge is 2.31. The summed E-state index contributed by atoms with van der Waals surface area (Å²) in [5.74, 6) is -0.0816. The first-order valence-corrected chi connectivity index (χ1v) is 9.64. The maximum atomic E-state index is 13.0. The van der Waals surface area contributed by atoms with Gasteiger partial charge in [-0.25, -0.2) is 4.68 Å². The summed E-state index contributed by atoms with van der Waals surface area (Å²) in [7, 11) is 0. The van der Waals surface area contributed by atoms with Gasteiger partial charge in [0.1, 0.15) is 0 Å². The molecule has 2 aromatic carbocycles. The van der Waals surface area contributed by atoms with Gasteiger partial charge in [0, 0.05) is 43.6 Å². The van der Waals surface area contributed by atoms with Crippen molar-refractivity contribution in [1.29, 1.82) is 0 Å². The minimum Gasteiger partial charge on any atom is -0.368 e. The van der Waals surface area contributed by atoms with Gasteiger partial charge in [-0.05, 0) is 55.0 Å². The first-order chi connectivity index (χ1) is 14.3. The Morgan fingerprint density at radius 1 is 0.967 bits per heavy atom. The molecule has 1 aromatic heterocycles. The van der Waals surface area contributed by atoms with Crippen LogP contribution in [0.4, 0.5) is 18.9 Å². The van der Waals surface area contributed by atoms with Crippen LogP contribution in [0.5, 0.6) is 0 Å². The van der Waals surface area contributed by atoms with E-state index in [0.717, 1.165) is 23.4 Å². The highest BCUT2D eigenvalue weighted by Crippen LogP contribution is 2.32. The van der Waals surface area contributed by atoms with Crippen LogP contribution in [0.1, 0.15) is 21.5 Å². The standard InChI is InChI=1S/C22H21F3N4O/c1-16-14-26-29(15-16)19-7-5-17(6-8-19)21(30)28-11-9-27(10-12-28)20-4-2-3-18(13-20)22(23,24)25/h2-8,13-15H,9-12H2,1H3. The number of benzene rings is 2. The first-order valence-electron chi connectivity index (χ1n) is 9.64. The Labute approximate surface area is 172 Å². The zero-order chi connectivity index (χ0) is 21.3. The first kappa shape index (κ1) is 20.0. The van der Waals surface area contributed by atoms with Gasteiger partial charge < -0.3 is 9.80 Å². The van der Waals surface area contributed by atoms with Crippen LogP contribution >= 0.6 is 0 Å². The monoisotopic (exact) mass is 414 g/mol. The van der Waals surface area contributed by atoms with Gasteiger partial charge in [0.25, 0.3) is 5.91 Å². The fourth-order valence-corrected chi connectivity index (χ4v) is 3.54. The van der Waals surface area contributed by atoms with Crippen molar-refractivity contribution in [2.75, 3.05) is 31.1 Å². The average Bonchev–Trinajstić information content (AvgIpc) is 3.19. The van der Waals surface area contributed by atoms with E-state index in [1.165, 1.54) is 6.07 Å². The maximum Gasteiger partial charge on any atom is 0.416 e. The van der Waals surface area contributed by atoms with E-state index in [0.29, 0.717) is 37.4 Å². The number of aryl methyl sites for hydroxylation is 1. The van der Waals surface area contributed by atoms with Gasteiger partial charge in [-0.2, -0.15) is 18.3 Å². The van der Waals surface area contributed by atoms with Crippen molar-refractivity contribution in [3.8, 4) is 5.69 Å². The van der Waals surface area contributed by atoms with E-state index >= 15 is 0 Å². The second-order valence-electron chi connectivity index (χ2n) is 7.34. The van der Waals surface area contributed by atoms with Gasteiger partial charge in [-0.3, -0.25) is 4.79 Å². The molecule has 0 aliphatic carbocycles. The molecule has 1 aliphatic rings. The third-order valence-corrected chi connectivity index (χ3v) is 5.20. The molecule has 0 bridgehead atoms. The van der Waals surface area contributed by atoms with Gasteiger partial charge in [-0.1, -0.05) is 6.07 Å². The molecule has 30 heavy (non-hydrogen) atoms. The number of amides is 1. The van der Waals surface area contributed by atoms with E-state index in [9.17, 15) is 18.0 Å². The van der Waals surface area contributed by atoms with Crippen molar-refractivity contribution in [2.24, 2.45) is 0 Å². The quantitative estimate of drug-likeness (QED) is 0.646. The summed E-state index contributed by atoms with van der Waals surface area (Å²) < 4.78 is 40.6. The molecule has 1 fully saturated rings. The second-order valence-corrected chi connectivity index (χ2v) is 7.34. The number of hydrogen-bond donors (Lipinski definition) is 0. The molecule has 0 N–H and O–H groups in total. The van der Waals surface area contributed by atoms with Crippen LogP contribution in [-0.4, -0.2) is 46.8 Å². The van der Waals surface area contributed by atoms with Gasteiger partial charge in [0.2, 0.25) is 0 Å². The summed E-state index contributed by atoms with van der Waals surface area (Å²) in [4.78, 5) is 16.4. The molecule has 3 aromatic rings. The molecule has 1 saturated heterocycles. The van der Waals surface area contributed by atoms with E-state index in [1.807, 2.05) is 30.2 Å². The molecule has 0 unspecified atom stereocenters. The van der Waals surface area contributed by atoms with E-state index in [1.54, 1.807) is 34.0 Å². The molecule has 5 nitrogen and oxygen atoms in total. The van der Waals surface area contributed by atoms with Crippen molar-refractivity contribution in [3.63, 3.8) is 0 Å². The SMILES string of the molecule is Cc1cnn(-c2ccc(C(=O)N3CCN(c4cccc(C(F)(F)F)c4)CC3)cc2)c1. The lowest BCUT2D eigenvalue weighted by Crippen LogP contribution is -2.48. The molecule has 156 valence electrons. The van der Waals surface area contributed by atoms with E-state index in [-0.39, 0.29) is 5.91 Å². The predicted octanol–water partition coefficient (Wildman–Crippen LogP) is 4.16. The summed E-state index contributed by atoms with van der Waals surface area (Å²) in [6, 6.07) is 12.5. The van der Waals surface area contributed by atoms with Crippen molar-refractivity contribution < 1.29 is 18.0 Å². The zero-order valence-electron chi connectivity index (χ0n) is 16.4. The number of carbonyl (C=O) groups is 1. The van der Waals surface area contributed by atoms with Crippen LogP contribution in [0.3, 0.4) is 0 Å². The Hall–Kier alpha value is -3.29. The highest BCUT2D eigenvalue weighted by molar-refractivity contribution is 5.94. The normalized spacial score (nSPS) is 14.8. The Morgan fingerprint density at radius 3 is 2.27 bits per heavy atom. The van der Waals surface area contributed by atoms with Crippen molar-refractivity contribution in [3.05, 3.63) is 77.6 Å². The molecule has 2 heterocycles. The number of halogens is 3. The molecule has 0 atom stereocenters. The predicted molar refractivity (Wildman–Crippen MR) is 108 cm³/mol. The van der Waals surface area contributed by atoms with E-state index in [2.05, 4.69) is 5.10 Å². The Kier molecular flexibility index (Phi) is 5.24. The van der Waals surface area contributed by atoms with Crippen molar-refractivity contribution >= 4 is 11.6 Å². The molecule has 0 saturated carbocycles. The number of aromatic nitrogens is 2. The van der Waals surface area contributed by atoms with Crippen LogP contribution in [0, 0.1) is 6.92 Å². The lowest BCUT2D eigenvalue weighted by atomic mass is 10.1. The Bertz CT molecular complexity index is 1040. The van der Waals surface area contributed by atoms with Crippen molar-refractivity contribution in [1.82, 2.24) is 14.7 Å². The lowest BCUT2D eigenvalue weighted by molar-refractivity contribution is -0.137. The second kappa shape index (κ2) is 7.85. The third kappa shape index (κ3) is 4.17. The van der Waals surface area contributed by atoms with Crippen LogP contribution in [0.25, 0.3) is 5.69 Å². The van der Waals surface area contributed by atoms with E-state index < -0.39 is 11.7 Å². The van der Waals surface area contributed by atoms with Crippen LogP contribution in [-0.2, 0) is 6.18 Å². The number of piperazine rings is 1. The summed E-state index contributed by atoms with van der Waals surface area (Å²) in [5.41, 5.74) is 2.36. The van der Waals surface area contributed by atoms with Crippen LogP contribution in [0.2, 0.25) is 0 Å². The highest BCUT2D eigenvalue weighted by atomic mass is 19.4. The van der Waals surface area contributed by atoms with E-state index in [4.69, 9.17) is 0 Å². The van der Waals surface area contributed by atoms with Gasteiger partial charge in [0.05, 0.1) is 17.4 Å². The largest absolute Gasteiger partial charge is 0.416 e. The Balaban J connectivity index is 1.40. The van der Waals surface area contributed by atoms with Gasteiger partial charge in [0.15, 0.2) is 0 Å². The summed E-state index contributed by atoms with van der Waals surface area (Å²) >= 11 is 0. The Morgan fingerprint density at radius 2 is 1.67 bits per heavy atom. The number of anilines is 1. The summed E-state index contributed by atoms with van der Waals surface area (Å²) in [5, 5.41) is 4.25. The molecular formula is C22H21F3N4O. The molecular weight excluding hydrogens is 393 g/mol. The van der Waals surface area contributed by atoms with Crippen LogP contribution in [0.15, 0.2) is 60.9 Å². The van der Waals surface area contributed by atoms with Gasteiger partial charge >= 0.3 is 6.18 Å². The summed E-state index contributed by atoms with van der Waals surface area (Å²) in [6.07, 6.45) is -0.693. The summed E-state index contributed by atoms with van der Waals surface area (Å²) in [6.45, 7) is 3.83. The number of rotatable bonds is 3. The lowest BCUT2D eigenvalue weighted by Gasteiger charge is -2.36. The third-order valence-electron chi connectivity index (χ3n) is 5.20. The minimum absolute atomic E-state index is 0.0816. The molecule has 1 aliphatic heterocycles. The molecule has 1 amide bonds. The molecule has 4 rings (SSSR count). The zero-order valence-corrected chi connectivity index (χ0v) is 16.4. The number of nitrogens with zero attached hydrogens (tertiary/aromatic N) is 4. The number of hydrogen-bond acceptors (Lipinski definition) is 3. The van der Waals surface area contributed by atoms with Crippen LogP contribution < -0.4 is 4.90 Å². The minimum atomic E-state index is -4.37. The molecule has 0 spiro atoms. The van der Waals surface area contributed by atoms with Crippen molar-refractivity contribution in [2.45, 2.75) is 13.1 Å². The maximum absolute atomic E-state index is 13.0. The molecule has 8 heteroatoms. The fourth-order valence-electron chi connectivity index (χ4n) is 3.54.